The summed E-state index contributed by atoms with van der Waals surface area (Å²) in [5.41, 5.74) is -1.98. The molecule has 1 aromatic carbocycles. The number of fused-ring (bicyclic) bond motifs is 1. The van der Waals surface area contributed by atoms with Crippen molar-refractivity contribution in [2.24, 2.45) is 10.9 Å². The van der Waals surface area contributed by atoms with Crippen LogP contribution >= 0.6 is 0 Å². The first kappa shape index (κ1) is 20.1. The largest absolute Gasteiger partial charge is 0.508 e. The van der Waals surface area contributed by atoms with Crippen LogP contribution in [0.25, 0.3) is 0 Å². The van der Waals surface area contributed by atoms with Gasteiger partial charge in [0, 0.05) is 19.2 Å². The molecule has 2 atom stereocenters. The van der Waals surface area contributed by atoms with E-state index in [1.807, 2.05) is 0 Å². The molecular formula is C19H24FN3O5. The van der Waals surface area contributed by atoms with Crippen LogP contribution in [0.1, 0.15) is 32.8 Å². The molecule has 1 unspecified atom stereocenters. The van der Waals surface area contributed by atoms with Crippen LogP contribution in [0.2, 0.25) is 0 Å². The summed E-state index contributed by atoms with van der Waals surface area (Å²) in [6.45, 7) is 5.41. The number of carbonyl (C=O) groups is 2. The number of halogens is 1. The summed E-state index contributed by atoms with van der Waals surface area (Å²) in [6, 6.07) is 3.61. The number of phenolic OH excluding ortho intramolecular Hbond substituents is 1. The summed E-state index contributed by atoms with van der Waals surface area (Å²) in [6.07, 6.45) is -0.526. The van der Waals surface area contributed by atoms with E-state index < -0.39 is 29.0 Å². The number of aromatic hydroxyl groups is 1. The molecule has 0 spiro atoms. The van der Waals surface area contributed by atoms with E-state index >= 15 is 0 Å². The third-order valence-electron chi connectivity index (χ3n) is 4.78. The topological polar surface area (TPSA) is 100 Å². The van der Waals surface area contributed by atoms with E-state index in [-0.39, 0.29) is 29.8 Å². The molecule has 3 rings (SSSR count). The lowest BCUT2D eigenvalue weighted by Gasteiger charge is -2.49. The number of amides is 2. The number of aliphatic imine (C=N–C) groups is 1. The SMILES string of the molecule is CN1C(=O)[C@@H]2CCOCC2(c2cc(O)ccc2F)NC1=NC(=O)OC(C)(C)C. The van der Waals surface area contributed by atoms with E-state index in [1.165, 1.54) is 24.1 Å². The van der Waals surface area contributed by atoms with Crippen molar-refractivity contribution in [1.82, 2.24) is 10.2 Å². The lowest BCUT2D eigenvalue weighted by atomic mass is 9.73. The van der Waals surface area contributed by atoms with Crippen LogP contribution in [0.4, 0.5) is 9.18 Å². The summed E-state index contributed by atoms with van der Waals surface area (Å²) in [5.74, 6) is -1.79. The number of guanidine groups is 1. The van der Waals surface area contributed by atoms with E-state index in [0.717, 1.165) is 6.07 Å². The van der Waals surface area contributed by atoms with E-state index in [4.69, 9.17) is 9.47 Å². The third-order valence-corrected chi connectivity index (χ3v) is 4.78. The van der Waals surface area contributed by atoms with Crippen molar-refractivity contribution in [2.45, 2.75) is 38.3 Å². The quantitative estimate of drug-likeness (QED) is 0.758. The van der Waals surface area contributed by atoms with Crippen molar-refractivity contribution in [3.05, 3.63) is 29.6 Å². The van der Waals surface area contributed by atoms with Gasteiger partial charge in [0.05, 0.1) is 12.5 Å². The zero-order valence-electron chi connectivity index (χ0n) is 16.3. The summed E-state index contributed by atoms with van der Waals surface area (Å²) in [5, 5.41) is 12.9. The van der Waals surface area contributed by atoms with Gasteiger partial charge in [-0.2, -0.15) is 0 Å². The zero-order valence-corrected chi connectivity index (χ0v) is 16.3. The van der Waals surface area contributed by atoms with Gasteiger partial charge in [-0.25, -0.2) is 9.18 Å². The van der Waals surface area contributed by atoms with Gasteiger partial charge in [-0.3, -0.25) is 9.69 Å². The van der Waals surface area contributed by atoms with Crippen molar-refractivity contribution in [1.29, 1.82) is 0 Å². The van der Waals surface area contributed by atoms with Crippen LogP contribution < -0.4 is 5.32 Å². The van der Waals surface area contributed by atoms with Crippen LogP contribution in [0.5, 0.6) is 5.75 Å². The van der Waals surface area contributed by atoms with E-state index in [1.54, 1.807) is 20.8 Å². The molecule has 0 saturated carbocycles. The molecule has 2 aliphatic rings. The molecule has 0 radical (unpaired) electrons. The first-order chi connectivity index (χ1) is 13.0. The van der Waals surface area contributed by atoms with Crippen molar-refractivity contribution >= 4 is 18.0 Å². The van der Waals surface area contributed by atoms with Crippen LogP contribution in [-0.4, -0.2) is 53.8 Å². The molecule has 2 aliphatic heterocycles. The second-order valence-corrected chi connectivity index (χ2v) is 7.97. The molecule has 0 bridgehead atoms. The molecule has 28 heavy (non-hydrogen) atoms. The molecular weight excluding hydrogens is 369 g/mol. The number of phenols is 1. The average Bonchev–Trinajstić information content (AvgIpc) is 2.60. The van der Waals surface area contributed by atoms with E-state index in [0.29, 0.717) is 13.0 Å². The van der Waals surface area contributed by atoms with Crippen molar-refractivity contribution in [3.8, 4) is 5.75 Å². The number of carbonyl (C=O) groups excluding carboxylic acids is 2. The number of hydrogen-bond acceptors (Lipinski definition) is 5. The van der Waals surface area contributed by atoms with Crippen LogP contribution in [-0.2, 0) is 19.8 Å². The van der Waals surface area contributed by atoms with Gasteiger partial charge >= 0.3 is 6.09 Å². The van der Waals surface area contributed by atoms with Gasteiger partial charge in [-0.1, -0.05) is 0 Å². The fourth-order valence-corrected chi connectivity index (χ4v) is 3.52. The highest BCUT2D eigenvalue weighted by Crippen LogP contribution is 2.41. The van der Waals surface area contributed by atoms with Gasteiger partial charge in [-0.05, 0) is 45.4 Å². The molecule has 2 heterocycles. The predicted molar refractivity (Wildman–Crippen MR) is 98.2 cm³/mol. The minimum absolute atomic E-state index is 0.0229. The minimum Gasteiger partial charge on any atom is -0.508 e. The average molecular weight is 393 g/mol. The Morgan fingerprint density at radius 2 is 2.18 bits per heavy atom. The van der Waals surface area contributed by atoms with Crippen molar-refractivity contribution < 1.29 is 28.6 Å². The molecule has 2 amide bonds. The van der Waals surface area contributed by atoms with E-state index in [2.05, 4.69) is 10.3 Å². The number of nitrogens with one attached hydrogen (secondary N) is 1. The summed E-state index contributed by atoms with van der Waals surface area (Å²) >= 11 is 0. The smallest absolute Gasteiger partial charge is 0.437 e. The minimum atomic E-state index is -1.30. The molecule has 8 nitrogen and oxygen atoms in total. The Hall–Kier alpha value is -2.68. The van der Waals surface area contributed by atoms with Gasteiger partial charge in [0.2, 0.25) is 11.9 Å². The standard InChI is InChI=1S/C19H24FN3O5/c1-18(2,3)28-17(26)21-16-22-19(13-9-11(24)5-6-14(13)20)10-27-8-7-12(19)15(25)23(16)4/h5-6,9,12,24H,7-8,10H2,1-4H3,(H,21,22,26)/t12-,19?/m0/s1. The maximum atomic E-state index is 14.7. The van der Waals surface area contributed by atoms with E-state index in [9.17, 15) is 19.1 Å². The molecule has 1 aromatic rings. The maximum Gasteiger partial charge on any atom is 0.437 e. The van der Waals surface area contributed by atoms with Gasteiger partial charge in [-0.15, -0.1) is 4.99 Å². The maximum absolute atomic E-state index is 14.7. The van der Waals surface area contributed by atoms with Gasteiger partial charge in [0.15, 0.2) is 0 Å². The highest BCUT2D eigenvalue weighted by molar-refractivity contribution is 6.04. The Morgan fingerprint density at radius 1 is 1.46 bits per heavy atom. The van der Waals surface area contributed by atoms with Crippen molar-refractivity contribution in [2.75, 3.05) is 20.3 Å². The summed E-state index contributed by atoms with van der Waals surface area (Å²) in [7, 11) is 1.48. The van der Waals surface area contributed by atoms with Crippen LogP contribution in [0.15, 0.2) is 23.2 Å². The molecule has 2 N–H and O–H groups in total. The van der Waals surface area contributed by atoms with Gasteiger partial charge in [0.25, 0.3) is 0 Å². The highest BCUT2D eigenvalue weighted by atomic mass is 19.1. The van der Waals surface area contributed by atoms with Gasteiger partial charge < -0.3 is 19.9 Å². The molecule has 0 aliphatic carbocycles. The summed E-state index contributed by atoms with van der Waals surface area (Å²) < 4.78 is 25.4. The number of benzene rings is 1. The number of rotatable bonds is 1. The molecule has 2 fully saturated rings. The van der Waals surface area contributed by atoms with Crippen molar-refractivity contribution in [3.63, 3.8) is 0 Å². The number of ether oxygens (including phenoxy) is 2. The monoisotopic (exact) mass is 393 g/mol. The zero-order chi connectivity index (χ0) is 20.7. The number of nitrogens with zero attached hydrogens (tertiary/aromatic N) is 2. The Morgan fingerprint density at radius 3 is 2.86 bits per heavy atom. The molecule has 2 saturated heterocycles. The molecule has 152 valence electrons. The molecule has 0 aromatic heterocycles. The van der Waals surface area contributed by atoms with Gasteiger partial charge in [0.1, 0.15) is 22.7 Å². The third kappa shape index (κ3) is 3.66. The predicted octanol–water partition coefficient (Wildman–Crippen LogP) is 2.12. The fourth-order valence-electron chi connectivity index (χ4n) is 3.52. The normalized spacial score (nSPS) is 26.6. The van der Waals surface area contributed by atoms with Crippen LogP contribution in [0, 0.1) is 11.7 Å². The Labute approximate surface area is 162 Å². The Balaban J connectivity index is 2.07. The highest BCUT2D eigenvalue weighted by Gasteiger charge is 2.54. The first-order valence-electron chi connectivity index (χ1n) is 8.98. The fraction of sp³-hybridized carbons (Fsp3) is 0.526. The Kier molecular flexibility index (Phi) is 5.05. The second kappa shape index (κ2) is 7.05. The Bertz CT molecular complexity index is 835. The lowest BCUT2D eigenvalue weighted by molar-refractivity contribution is -0.143. The summed E-state index contributed by atoms with van der Waals surface area (Å²) in [4.78, 5) is 30.3. The molecule has 9 heteroatoms. The lowest BCUT2D eigenvalue weighted by Crippen LogP contribution is -2.68. The number of hydrogen-bond donors (Lipinski definition) is 2. The second-order valence-electron chi connectivity index (χ2n) is 7.97. The first-order valence-corrected chi connectivity index (χ1v) is 8.98. The van der Waals surface area contributed by atoms with Crippen LogP contribution in [0.3, 0.4) is 0 Å².